The highest BCUT2D eigenvalue weighted by Gasteiger charge is 2.20. The summed E-state index contributed by atoms with van der Waals surface area (Å²) in [7, 11) is 0. The average molecular weight is 420 g/mol. The lowest BCUT2D eigenvalue weighted by Crippen LogP contribution is -2.14. The molecule has 0 saturated carbocycles. The molecule has 2 heterocycles. The highest BCUT2D eigenvalue weighted by molar-refractivity contribution is 6.39. The van der Waals surface area contributed by atoms with Gasteiger partial charge in [0.2, 0.25) is 5.91 Å². The van der Waals surface area contributed by atoms with E-state index in [0.29, 0.717) is 28.1 Å². The lowest BCUT2D eigenvalue weighted by molar-refractivity contribution is -0.114. The first-order valence-corrected chi connectivity index (χ1v) is 9.60. The van der Waals surface area contributed by atoms with Gasteiger partial charge in [-0.1, -0.05) is 35.9 Å². The normalized spacial score (nSPS) is 10.8. The maximum atomic E-state index is 12.9. The van der Waals surface area contributed by atoms with E-state index in [1.54, 1.807) is 28.9 Å². The molecule has 2 N–H and O–H groups in total. The van der Waals surface area contributed by atoms with Crippen molar-refractivity contribution >= 4 is 45.8 Å². The van der Waals surface area contributed by atoms with Crippen molar-refractivity contribution in [3.8, 4) is 5.69 Å². The number of carbonyl (C=O) groups excluding carboxylic acids is 2. The number of para-hydroxylation sites is 1. The molecule has 0 atom stereocenters. The number of pyridine rings is 1. The van der Waals surface area contributed by atoms with Gasteiger partial charge in [-0.25, -0.2) is 9.67 Å². The summed E-state index contributed by atoms with van der Waals surface area (Å²) in [5.41, 5.74) is 3.46. The Morgan fingerprint density at radius 2 is 1.70 bits per heavy atom. The van der Waals surface area contributed by atoms with Crippen LogP contribution in [0.5, 0.6) is 0 Å². The van der Waals surface area contributed by atoms with Crippen molar-refractivity contribution in [2.75, 3.05) is 10.6 Å². The fourth-order valence-corrected chi connectivity index (χ4v) is 3.55. The standard InChI is InChI=1S/C22H18ClN5O2/c1-13-19-20(23)18(12-24-21(19)28(27-13)17-9-4-3-5-10-17)22(30)26-16-8-6-7-15(11-16)25-14(2)29/h3-12H,1-2H3,(H,25,29)(H,26,30). The Morgan fingerprint density at radius 3 is 2.40 bits per heavy atom. The summed E-state index contributed by atoms with van der Waals surface area (Å²) >= 11 is 6.60. The molecule has 0 aliphatic carbocycles. The first kappa shape index (κ1) is 19.6. The van der Waals surface area contributed by atoms with E-state index in [1.165, 1.54) is 13.1 Å². The van der Waals surface area contributed by atoms with Crippen molar-refractivity contribution in [1.82, 2.24) is 14.8 Å². The average Bonchev–Trinajstić information content (AvgIpc) is 3.06. The van der Waals surface area contributed by atoms with E-state index >= 15 is 0 Å². The van der Waals surface area contributed by atoms with Crippen LogP contribution in [0.15, 0.2) is 60.8 Å². The molecule has 0 fully saturated rings. The highest BCUT2D eigenvalue weighted by atomic mass is 35.5. The number of benzene rings is 2. The van der Waals surface area contributed by atoms with Crippen LogP contribution in [0.1, 0.15) is 23.0 Å². The van der Waals surface area contributed by atoms with Crippen LogP contribution < -0.4 is 10.6 Å². The number of halogens is 1. The third-order valence-electron chi connectivity index (χ3n) is 4.49. The lowest BCUT2D eigenvalue weighted by atomic mass is 10.2. The van der Waals surface area contributed by atoms with E-state index in [-0.39, 0.29) is 16.5 Å². The van der Waals surface area contributed by atoms with E-state index in [2.05, 4.69) is 20.7 Å². The number of aryl methyl sites for hydroxylation is 1. The fraction of sp³-hybridized carbons (Fsp3) is 0.0909. The van der Waals surface area contributed by atoms with Crippen molar-refractivity contribution in [2.45, 2.75) is 13.8 Å². The van der Waals surface area contributed by atoms with Crippen LogP contribution in [-0.4, -0.2) is 26.6 Å². The predicted molar refractivity (Wildman–Crippen MR) is 117 cm³/mol. The second kappa shape index (κ2) is 7.96. The number of hydrogen-bond donors (Lipinski definition) is 2. The molecule has 2 aromatic heterocycles. The predicted octanol–water partition coefficient (Wildman–Crippen LogP) is 4.59. The van der Waals surface area contributed by atoms with Gasteiger partial charge in [0.05, 0.1) is 27.4 Å². The van der Waals surface area contributed by atoms with Gasteiger partial charge in [0, 0.05) is 24.5 Å². The molecule has 2 aromatic carbocycles. The van der Waals surface area contributed by atoms with Gasteiger partial charge < -0.3 is 10.6 Å². The second-order valence-corrected chi connectivity index (χ2v) is 7.11. The number of rotatable bonds is 4. The summed E-state index contributed by atoms with van der Waals surface area (Å²) in [4.78, 5) is 28.5. The van der Waals surface area contributed by atoms with E-state index in [4.69, 9.17) is 11.6 Å². The van der Waals surface area contributed by atoms with Gasteiger partial charge in [0.25, 0.3) is 5.91 Å². The maximum Gasteiger partial charge on any atom is 0.258 e. The quantitative estimate of drug-likeness (QED) is 0.506. The van der Waals surface area contributed by atoms with Crippen LogP contribution in [0, 0.1) is 6.92 Å². The molecule has 0 radical (unpaired) electrons. The molecule has 4 aromatic rings. The summed E-state index contributed by atoms with van der Waals surface area (Å²) < 4.78 is 1.70. The molecule has 7 nitrogen and oxygen atoms in total. The number of anilines is 2. The van der Waals surface area contributed by atoms with E-state index in [9.17, 15) is 9.59 Å². The Morgan fingerprint density at radius 1 is 1.00 bits per heavy atom. The van der Waals surface area contributed by atoms with Crippen molar-refractivity contribution in [3.05, 3.63) is 77.1 Å². The smallest absolute Gasteiger partial charge is 0.258 e. The molecule has 0 spiro atoms. The maximum absolute atomic E-state index is 12.9. The Bertz CT molecular complexity index is 1270. The Labute approximate surface area is 177 Å². The summed E-state index contributed by atoms with van der Waals surface area (Å²) in [5.74, 6) is -0.594. The molecule has 4 rings (SSSR count). The Hall–Kier alpha value is -3.71. The Kier molecular flexibility index (Phi) is 5.20. The van der Waals surface area contributed by atoms with Crippen LogP contribution in [0.3, 0.4) is 0 Å². The summed E-state index contributed by atoms with van der Waals surface area (Å²) in [5, 5.41) is 10.9. The minimum Gasteiger partial charge on any atom is -0.326 e. The summed E-state index contributed by atoms with van der Waals surface area (Å²) in [6.45, 7) is 3.25. The van der Waals surface area contributed by atoms with Crippen molar-refractivity contribution in [1.29, 1.82) is 0 Å². The third kappa shape index (κ3) is 3.75. The summed E-state index contributed by atoms with van der Waals surface area (Å²) in [6, 6.07) is 16.4. The van der Waals surface area contributed by atoms with Crippen molar-refractivity contribution < 1.29 is 9.59 Å². The molecule has 0 saturated heterocycles. The minimum atomic E-state index is -0.402. The van der Waals surface area contributed by atoms with Crippen LogP contribution in [0.4, 0.5) is 11.4 Å². The molecule has 0 unspecified atom stereocenters. The topological polar surface area (TPSA) is 88.9 Å². The van der Waals surface area contributed by atoms with Crippen LogP contribution in [-0.2, 0) is 4.79 Å². The van der Waals surface area contributed by atoms with Crippen LogP contribution in [0.2, 0.25) is 5.02 Å². The van der Waals surface area contributed by atoms with Crippen LogP contribution >= 0.6 is 11.6 Å². The fourth-order valence-electron chi connectivity index (χ4n) is 3.19. The van der Waals surface area contributed by atoms with Gasteiger partial charge >= 0.3 is 0 Å². The Balaban J connectivity index is 1.68. The van der Waals surface area contributed by atoms with Crippen molar-refractivity contribution in [2.24, 2.45) is 0 Å². The molecule has 8 heteroatoms. The largest absolute Gasteiger partial charge is 0.326 e. The number of fused-ring (bicyclic) bond motifs is 1. The van der Waals surface area contributed by atoms with Gasteiger partial charge in [0.1, 0.15) is 0 Å². The van der Waals surface area contributed by atoms with E-state index < -0.39 is 5.91 Å². The first-order chi connectivity index (χ1) is 14.4. The van der Waals surface area contributed by atoms with E-state index in [0.717, 1.165) is 5.69 Å². The molecular weight excluding hydrogens is 402 g/mol. The number of nitrogens with zero attached hydrogens (tertiary/aromatic N) is 3. The molecule has 30 heavy (non-hydrogen) atoms. The third-order valence-corrected chi connectivity index (χ3v) is 4.89. The molecule has 0 bridgehead atoms. The van der Waals surface area contributed by atoms with Gasteiger partial charge in [-0.2, -0.15) is 5.10 Å². The zero-order valence-corrected chi connectivity index (χ0v) is 17.1. The molecule has 2 amide bonds. The minimum absolute atomic E-state index is 0.193. The van der Waals surface area contributed by atoms with Crippen LogP contribution in [0.25, 0.3) is 16.7 Å². The zero-order valence-electron chi connectivity index (χ0n) is 16.3. The van der Waals surface area contributed by atoms with E-state index in [1.807, 2.05) is 37.3 Å². The first-order valence-electron chi connectivity index (χ1n) is 9.22. The second-order valence-electron chi connectivity index (χ2n) is 6.73. The van der Waals surface area contributed by atoms with Gasteiger partial charge in [-0.3, -0.25) is 9.59 Å². The lowest BCUT2D eigenvalue weighted by Gasteiger charge is -2.09. The highest BCUT2D eigenvalue weighted by Crippen LogP contribution is 2.30. The zero-order chi connectivity index (χ0) is 21.3. The molecule has 150 valence electrons. The summed E-state index contributed by atoms with van der Waals surface area (Å²) in [6.07, 6.45) is 1.44. The molecule has 0 aliphatic heterocycles. The number of nitrogens with one attached hydrogen (secondary N) is 2. The van der Waals surface area contributed by atoms with Crippen molar-refractivity contribution in [3.63, 3.8) is 0 Å². The number of hydrogen-bond acceptors (Lipinski definition) is 4. The van der Waals surface area contributed by atoms with Gasteiger partial charge in [0.15, 0.2) is 5.65 Å². The molecular formula is C22H18ClN5O2. The molecule has 0 aliphatic rings. The number of carbonyl (C=O) groups is 2. The van der Waals surface area contributed by atoms with Gasteiger partial charge in [-0.05, 0) is 37.3 Å². The van der Waals surface area contributed by atoms with Gasteiger partial charge in [-0.15, -0.1) is 0 Å². The monoisotopic (exact) mass is 419 g/mol. The SMILES string of the molecule is CC(=O)Nc1cccc(NC(=O)c2cnc3c(c(C)nn3-c3ccccc3)c2Cl)c1. The number of aromatic nitrogens is 3. The number of amides is 2.